The van der Waals surface area contributed by atoms with E-state index in [9.17, 15) is 5.11 Å². The molecule has 0 radical (unpaired) electrons. The average Bonchev–Trinajstić information content (AvgIpc) is 2.70. The summed E-state index contributed by atoms with van der Waals surface area (Å²) < 4.78 is 0. The van der Waals surface area contributed by atoms with E-state index in [0.717, 1.165) is 12.8 Å². The van der Waals surface area contributed by atoms with Crippen LogP contribution in [-0.2, 0) is 0 Å². The molecule has 146 valence electrons. The monoisotopic (exact) mass is 373 g/mol. The van der Waals surface area contributed by atoms with E-state index < -0.39 is 0 Å². The number of anilines is 1. The fourth-order valence-electron chi connectivity index (χ4n) is 4.18. The Labute approximate surface area is 169 Å². The third-order valence-corrected chi connectivity index (χ3v) is 5.44. The highest BCUT2D eigenvalue weighted by molar-refractivity contribution is 5.59. The molecule has 0 aliphatic rings. The minimum absolute atomic E-state index is 0.134. The van der Waals surface area contributed by atoms with E-state index in [1.165, 1.54) is 33.5 Å². The van der Waals surface area contributed by atoms with E-state index in [-0.39, 0.29) is 18.6 Å². The second kappa shape index (κ2) is 9.57. The molecule has 2 atom stereocenters. The summed E-state index contributed by atoms with van der Waals surface area (Å²) in [6.07, 6.45) is 1.72. The van der Waals surface area contributed by atoms with Crippen molar-refractivity contribution in [1.29, 1.82) is 0 Å². The lowest BCUT2D eigenvalue weighted by molar-refractivity contribution is 0.277. The van der Waals surface area contributed by atoms with E-state index >= 15 is 0 Å². The van der Waals surface area contributed by atoms with Crippen LogP contribution in [0.5, 0.6) is 0 Å². The molecule has 3 aromatic rings. The van der Waals surface area contributed by atoms with Crippen molar-refractivity contribution in [3.63, 3.8) is 0 Å². The molecule has 0 saturated heterocycles. The highest BCUT2D eigenvalue weighted by Gasteiger charge is 2.25. The quantitative estimate of drug-likeness (QED) is 0.484. The van der Waals surface area contributed by atoms with E-state index in [0.29, 0.717) is 0 Å². The van der Waals surface area contributed by atoms with Gasteiger partial charge in [0.05, 0.1) is 6.04 Å². The van der Waals surface area contributed by atoms with Gasteiger partial charge in [-0.05, 0) is 55.9 Å². The fourth-order valence-corrected chi connectivity index (χ4v) is 4.18. The van der Waals surface area contributed by atoms with Crippen LogP contribution in [0.3, 0.4) is 0 Å². The van der Waals surface area contributed by atoms with Gasteiger partial charge >= 0.3 is 0 Å². The maximum atomic E-state index is 9.50. The number of aliphatic hydroxyl groups excluding tert-OH is 1. The third-order valence-electron chi connectivity index (χ3n) is 5.44. The van der Waals surface area contributed by atoms with Gasteiger partial charge in [0.15, 0.2) is 0 Å². The van der Waals surface area contributed by atoms with Crippen molar-refractivity contribution >= 4 is 5.69 Å². The standard InChI is InChI=1S/C26H31NO/c1-19-17-20(2)25(21(3)18-19)27-26(23-13-8-5-9-14-23)24(15-10-16-28)22-11-6-4-7-12-22/h4-9,11-14,17-18,24,26-28H,10,15-16H2,1-3H3. The van der Waals surface area contributed by atoms with Gasteiger partial charge in [-0.25, -0.2) is 0 Å². The molecule has 0 saturated carbocycles. The van der Waals surface area contributed by atoms with Crippen molar-refractivity contribution in [3.8, 4) is 0 Å². The summed E-state index contributed by atoms with van der Waals surface area (Å²) in [5.74, 6) is 0.274. The minimum atomic E-state index is 0.134. The van der Waals surface area contributed by atoms with Gasteiger partial charge in [0.1, 0.15) is 0 Å². The Morgan fingerprint density at radius 3 is 1.86 bits per heavy atom. The topological polar surface area (TPSA) is 32.3 Å². The fraction of sp³-hybridized carbons (Fsp3) is 0.308. The Hall–Kier alpha value is -2.58. The molecule has 0 aromatic heterocycles. The summed E-state index contributed by atoms with van der Waals surface area (Å²) in [7, 11) is 0. The maximum absolute atomic E-state index is 9.50. The van der Waals surface area contributed by atoms with Crippen molar-refractivity contribution < 1.29 is 5.11 Å². The lowest BCUT2D eigenvalue weighted by Crippen LogP contribution is -2.21. The second-order valence-corrected chi connectivity index (χ2v) is 7.69. The summed E-state index contributed by atoms with van der Waals surface area (Å²) in [6, 6.07) is 26.0. The molecule has 0 bridgehead atoms. The molecular formula is C26H31NO. The molecule has 3 rings (SSSR count). The van der Waals surface area contributed by atoms with Crippen LogP contribution in [0.4, 0.5) is 5.69 Å². The summed E-state index contributed by atoms with van der Waals surface area (Å²) in [5, 5.41) is 13.4. The van der Waals surface area contributed by atoms with Crippen LogP contribution in [0, 0.1) is 20.8 Å². The summed E-state index contributed by atoms with van der Waals surface area (Å²) in [6.45, 7) is 6.71. The van der Waals surface area contributed by atoms with Crippen molar-refractivity contribution in [1.82, 2.24) is 0 Å². The minimum Gasteiger partial charge on any atom is -0.396 e. The molecule has 0 spiro atoms. The zero-order valence-corrected chi connectivity index (χ0v) is 17.2. The van der Waals surface area contributed by atoms with Crippen LogP contribution in [0.25, 0.3) is 0 Å². The van der Waals surface area contributed by atoms with Gasteiger partial charge in [-0.15, -0.1) is 0 Å². The zero-order chi connectivity index (χ0) is 19.9. The largest absolute Gasteiger partial charge is 0.396 e. The number of aryl methyl sites for hydroxylation is 3. The van der Waals surface area contributed by atoms with Crippen LogP contribution in [0.1, 0.15) is 52.6 Å². The summed E-state index contributed by atoms with van der Waals surface area (Å²) >= 11 is 0. The molecular weight excluding hydrogens is 342 g/mol. The van der Waals surface area contributed by atoms with E-state index in [2.05, 4.69) is 98.9 Å². The highest BCUT2D eigenvalue weighted by Crippen LogP contribution is 2.38. The van der Waals surface area contributed by atoms with Crippen LogP contribution < -0.4 is 5.32 Å². The number of rotatable bonds is 8. The van der Waals surface area contributed by atoms with Gasteiger partial charge in [-0.1, -0.05) is 78.4 Å². The number of aliphatic hydroxyl groups is 1. The normalized spacial score (nSPS) is 13.1. The van der Waals surface area contributed by atoms with Gasteiger partial charge in [0, 0.05) is 18.2 Å². The average molecular weight is 374 g/mol. The number of hydrogen-bond acceptors (Lipinski definition) is 2. The lowest BCUT2D eigenvalue weighted by Gasteiger charge is -2.31. The molecule has 0 amide bonds. The van der Waals surface area contributed by atoms with Gasteiger partial charge in [0.25, 0.3) is 0 Å². The number of benzene rings is 3. The molecule has 2 N–H and O–H groups in total. The Bertz CT molecular complexity index is 850. The van der Waals surface area contributed by atoms with Gasteiger partial charge < -0.3 is 10.4 Å². The van der Waals surface area contributed by atoms with Gasteiger partial charge in [0.2, 0.25) is 0 Å². The van der Waals surface area contributed by atoms with Crippen LogP contribution in [0.2, 0.25) is 0 Å². The molecule has 2 unspecified atom stereocenters. The molecule has 0 fully saturated rings. The van der Waals surface area contributed by atoms with E-state index in [4.69, 9.17) is 0 Å². The lowest BCUT2D eigenvalue weighted by atomic mass is 9.83. The SMILES string of the molecule is Cc1cc(C)c(NC(c2ccccc2)C(CCCO)c2ccccc2)c(C)c1. The Morgan fingerprint density at radius 2 is 1.32 bits per heavy atom. The predicted octanol–water partition coefficient (Wildman–Crippen LogP) is 6.32. The summed E-state index contributed by atoms with van der Waals surface area (Å²) in [5.41, 5.74) is 7.62. The summed E-state index contributed by atoms with van der Waals surface area (Å²) in [4.78, 5) is 0. The highest BCUT2D eigenvalue weighted by atomic mass is 16.2. The molecule has 3 aromatic carbocycles. The van der Waals surface area contributed by atoms with Crippen LogP contribution >= 0.6 is 0 Å². The Kier molecular flexibility index (Phi) is 6.89. The van der Waals surface area contributed by atoms with E-state index in [1.807, 2.05) is 0 Å². The van der Waals surface area contributed by atoms with E-state index in [1.54, 1.807) is 0 Å². The third kappa shape index (κ3) is 4.82. The van der Waals surface area contributed by atoms with Crippen molar-refractivity contribution in [3.05, 3.63) is 101 Å². The van der Waals surface area contributed by atoms with Crippen LogP contribution in [0.15, 0.2) is 72.8 Å². The van der Waals surface area contributed by atoms with Crippen LogP contribution in [-0.4, -0.2) is 11.7 Å². The molecule has 2 nitrogen and oxygen atoms in total. The maximum Gasteiger partial charge on any atom is 0.0582 e. The van der Waals surface area contributed by atoms with Crippen molar-refractivity contribution in [2.45, 2.75) is 45.6 Å². The second-order valence-electron chi connectivity index (χ2n) is 7.69. The molecule has 0 aliphatic heterocycles. The van der Waals surface area contributed by atoms with Gasteiger partial charge in [-0.3, -0.25) is 0 Å². The molecule has 28 heavy (non-hydrogen) atoms. The Balaban J connectivity index is 2.05. The Morgan fingerprint density at radius 1 is 0.786 bits per heavy atom. The molecule has 0 heterocycles. The van der Waals surface area contributed by atoms with Gasteiger partial charge in [-0.2, -0.15) is 0 Å². The first-order valence-corrected chi connectivity index (χ1v) is 10.1. The predicted molar refractivity (Wildman–Crippen MR) is 119 cm³/mol. The first kappa shape index (κ1) is 20.2. The smallest absolute Gasteiger partial charge is 0.0582 e. The number of hydrogen-bond donors (Lipinski definition) is 2. The first-order chi connectivity index (χ1) is 13.6. The number of nitrogens with one attached hydrogen (secondary N) is 1. The van der Waals surface area contributed by atoms with Crippen molar-refractivity contribution in [2.75, 3.05) is 11.9 Å². The molecule has 0 aliphatic carbocycles. The molecule has 2 heteroatoms. The van der Waals surface area contributed by atoms with Crippen molar-refractivity contribution in [2.24, 2.45) is 0 Å². The first-order valence-electron chi connectivity index (χ1n) is 10.1. The zero-order valence-electron chi connectivity index (χ0n) is 17.2.